The highest BCUT2D eigenvalue weighted by atomic mass is 16.8. The lowest BCUT2D eigenvalue weighted by molar-refractivity contribution is -0.990. The van der Waals surface area contributed by atoms with Crippen LogP contribution in [0, 0.1) is 5.21 Å². The topological polar surface area (TPSA) is 99.3 Å². The maximum atomic E-state index is 11.4. The molecule has 1 aromatic heterocycles. The number of nitrogens with zero attached hydrogens (tertiary/aromatic N) is 1. The Morgan fingerprint density at radius 2 is 1.73 bits per heavy atom. The number of benzene rings is 2. The van der Waals surface area contributed by atoms with Crippen LogP contribution in [0.25, 0.3) is 23.1 Å². The highest BCUT2D eigenvalue weighted by Crippen LogP contribution is 2.37. The summed E-state index contributed by atoms with van der Waals surface area (Å²) in [5, 5.41) is 30.4. The number of phenols is 1. The van der Waals surface area contributed by atoms with E-state index >= 15 is 0 Å². The van der Waals surface area contributed by atoms with Crippen LogP contribution in [0.3, 0.4) is 0 Å². The number of para-hydroxylation sites is 1. The van der Waals surface area contributed by atoms with Gasteiger partial charge in [0.15, 0.2) is 17.2 Å². The Balaban J connectivity index is 2.00. The van der Waals surface area contributed by atoms with Crippen LogP contribution in [-0.2, 0) is 0 Å². The molecule has 26 heavy (non-hydrogen) atoms. The largest absolute Gasteiger partial charge is 0.595 e. The van der Waals surface area contributed by atoms with Gasteiger partial charge in [-0.05, 0) is 29.8 Å². The Kier molecular flexibility index (Phi) is 5.04. The summed E-state index contributed by atoms with van der Waals surface area (Å²) in [7, 11) is 2.92. The Bertz CT molecular complexity index is 944. The number of fused-ring (bicyclic) bond motifs is 1. The predicted octanol–water partition coefficient (Wildman–Crippen LogP) is 2.53. The molecule has 2 aromatic carbocycles. The highest BCUT2D eigenvalue weighted by Gasteiger charge is 2.11. The number of pyridine rings is 1. The van der Waals surface area contributed by atoms with E-state index in [4.69, 9.17) is 9.47 Å². The Morgan fingerprint density at radius 1 is 1.04 bits per heavy atom. The van der Waals surface area contributed by atoms with Crippen molar-refractivity contribution >= 4 is 28.7 Å². The minimum Gasteiger partial charge on any atom is -0.595 e. The molecule has 0 aliphatic carbocycles. The third-order valence-electron chi connectivity index (χ3n) is 3.92. The summed E-state index contributed by atoms with van der Waals surface area (Å²) in [5.74, 6) is 0.523. The number of methoxy groups -OCH3 is 2. The standard InChI is InChI=1S/C19H18N2O5/c1-25-16-10-12(11-17(26-2)19(16)22)6-8-14-9-7-13-4-3-5-15(21(23)24)18(13)20-14/h3-11,21-23H,1-2H3/b8-6+. The van der Waals surface area contributed by atoms with Gasteiger partial charge in [-0.15, -0.1) is 0 Å². The molecule has 0 saturated carbocycles. The molecule has 1 atom stereocenters. The van der Waals surface area contributed by atoms with Crippen molar-refractivity contribution in [3.05, 3.63) is 58.9 Å². The molecule has 3 N–H and O–H groups in total. The number of hydrogen-bond donors (Lipinski definition) is 3. The van der Waals surface area contributed by atoms with E-state index in [1.807, 2.05) is 12.1 Å². The molecule has 0 fully saturated rings. The molecular formula is C19H18N2O5. The van der Waals surface area contributed by atoms with Crippen molar-refractivity contribution in [1.29, 1.82) is 0 Å². The van der Waals surface area contributed by atoms with Crippen molar-refractivity contribution < 1.29 is 25.0 Å². The van der Waals surface area contributed by atoms with E-state index in [0.717, 1.165) is 10.9 Å². The zero-order valence-corrected chi connectivity index (χ0v) is 14.3. The Hall–Kier alpha value is -3.13. The van der Waals surface area contributed by atoms with Gasteiger partial charge in [0.1, 0.15) is 5.52 Å². The maximum absolute atomic E-state index is 11.4. The van der Waals surface area contributed by atoms with Gasteiger partial charge in [0.05, 0.1) is 19.9 Å². The van der Waals surface area contributed by atoms with Gasteiger partial charge >= 0.3 is 0 Å². The van der Waals surface area contributed by atoms with Gasteiger partial charge in [0.2, 0.25) is 5.75 Å². The number of aromatic nitrogens is 1. The minimum atomic E-state index is -1.02. The van der Waals surface area contributed by atoms with E-state index in [1.54, 1.807) is 36.4 Å². The second-order valence-corrected chi connectivity index (χ2v) is 5.53. The summed E-state index contributed by atoms with van der Waals surface area (Å²) in [4.78, 5) is 4.43. The van der Waals surface area contributed by atoms with Gasteiger partial charge in [0, 0.05) is 11.5 Å². The van der Waals surface area contributed by atoms with Crippen LogP contribution in [0.5, 0.6) is 17.2 Å². The molecule has 3 aromatic rings. The molecule has 1 unspecified atom stereocenters. The van der Waals surface area contributed by atoms with E-state index in [9.17, 15) is 15.5 Å². The van der Waals surface area contributed by atoms with Gasteiger partial charge in [0.25, 0.3) is 0 Å². The molecule has 0 saturated heterocycles. The lowest BCUT2D eigenvalue weighted by Gasteiger charge is -2.13. The van der Waals surface area contributed by atoms with Crippen LogP contribution in [0.2, 0.25) is 0 Å². The van der Waals surface area contributed by atoms with E-state index in [0.29, 0.717) is 22.7 Å². The summed E-state index contributed by atoms with van der Waals surface area (Å²) in [6.45, 7) is 0. The molecule has 0 aliphatic heterocycles. The van der Waals surface area contributed by atoms with Crippen LogP contribution < -0.4 is 14.7 Å². The predicted molar refractivity (Wildman–Crippen MR) is 97.7 cm³/mol. The van der Waals surface area contributed by atoms with Crippen molar-refractivity contribution in [3.8, 4) is 17.2 Å². The first kappa shape index (κ1) is 17.7. The van der Waals surface area contributed by atoms with Crippen LogP contribution in [0.15, 0.2) is 42.5 Å². The molecule has 0 radical (unpaired) electrons. The van der Waals surface area contributed by atoms with Crippen molar-refractivity contribution in [2.45, 2.75) is 0 Å². The molecule has 3 rings (SSSR count). The first-order valence-corrected chi connectivity index (χ1v) is 7.79. The fourth-order valence-corrected chi connectivity index (χ4v) is 2.62. The number of aromatic hydroxyl groups is 1. The zero-order valence-electron chi connectivity index (χ0n) is 14.3. The molecule has 1 heterocycles. The van der Waals surface area contributed by atoms with E-state index in [-0.39, 0.29) is 11.4 Å². The van der Waals surface area contributed by atoms with Crippen molar-refractivity contribution in [3.63, 3.8) is 0 Å². The van der Waals surface area contributed by atoms with Crippen LogP contribution in [-0.4, -0.2) is 29.5 Å². The molecule has 0 bridgehead atoms. The molecule has 0 aliphatic rings. The zero-order chi connectivity index (χ0) is 18.7. The Labute approximate surface area is 149 Å². The van der Waals surface area contributed by atoms with Crippen LogP contribution >= 0.6 is 0 Å². The van der Waals surface area contributed by atoms with Crippen LogP contribution in [0.4, 0.5) is 5.69 Å². The summed E-state index contributed by atoms with van der Waals surface area (Å²) in [6.07, 6.45) is 3.53. The lowest BCUT2D eigenvalue weighted by Crippen LogP contribution is -2.99. The van der Waals surface area contributed by atoms with E-state index < -0.39 is 5.23 Å². The minimum absolute atomic E-state index is 0.0675. The van der Waals surface area contributed by atoms with Gasteiger partial charge in [-0.2, -0.15) is 5.23 Å². The number of hydrogen-bond acceptors (Lipinski definition) is 6. The van der Waals surface area contributed by atoms with Crippen molar-refractivity contribution in [2.24, 2.45) is 0 Å². The number of phenolic OH excluding ortho intramolecular Hbond substituents is 1. The maximum Gasteiger partial charge on any atom is 0.200 e. The monoisotopic (exact) mass is 354 g/mol. The fourth-order valence-electron chi connectivity index (χ4n) is 2.62. The van der Waals surface area contributed by atoms with Gasteiger partial charge in [-0.3, -0.25) is 0 Å². The van der Waals surface area contributed by atoms with Gasteiger partial charge < -0.3 is 19.8 Å². The van der Waals surface area contributed by atoms with E-state index in [1.165, 1.54) is 20.3 Å². The molecular weight excluding hydrogens is 336 g/mol. The first-order valence-electron chi connectivity index (χ1n) is 7.79. The average molecular weight is 354 g/mol. The SMILES string of the molecule is COc1cc(/C=C/c2ccc3cccc([NH+]([O-])O)c3n2)cc(OC)c1O. The summed E-state index contributed by atoms with van der Waals surface area (Å²) < 4.78 is 10.3. The van der Waals surface area contributed by atoms with Crippen molar-refractivity contribution in [2.75, 3.05) is 14.2 Å². The second-order valence-electron chi connectivity index (χ2n) is 5.53. The molecule has 0 spiro atoms. The number of quaternary nitrogens is 1. The number of rotatable bonds is 5. The molecule has 0 amide bonds. The third kappa shape index (κ3) is 3.45. The number of ether oxygens (including phenoxy) is 2. The highest BCUT2D eigenvalue weighted by molar-refractivity contribution is 5.88. The molecule has 7 nitrogen and oxygen atoms in total. The lowest BCUT2D eigenvalue weighted by atomic mass is 10.1. The smallest absolute Gasteiger partial charge is 0.200 e. The first-order chi connectivity index (χ1) is 12.5. The van der Waals surface area contributed by atoms with Gasteiger partial charge in [-0.25, -0.2) is 10.2 Å². The van der Waals surface area contributed by atoms with Crippen LogP contribution in [0.1, 0.15) is 11.3 Å². The third-order valence-corrected chi connectivity index (χ3v) is 3.92. The molecule has 7 heteroatoms. The second kappa shape index (κ2) is 7.40. The summed E-state index contributed by atoms with van der Waals surface area (Å²) in [6, 6.07) is 12.0. The fraction of sp³-hybridized carbons (Fsp3) is 0.105. The molecule has 134 valence electrons. The number of nitrogens with one attached hydrogen (secondary N) is 1. The average Bonchev–Trinajstić information content (AvgIpc) is 2.66. The van der Waals surface area contributed by atoms with E-state index in [2.05, 4.69) is 4.98 Å². The van der Waals surface area contributed by atoms with Crippen molar-refractivity contribution in [1.82, 2.24) is 4.98 Å². The Morgan fingerprint density at radius 3 is 2.35 bits per heavy atom. The summed E-state index contributed by atoms with van der Waals surface area (Å²) >= 11 is 0. The van der Waals surface area contributed by atoms with Gasteiger partial charge in [-0.1, -0.05) is 24.3 Å². The normalized spacial score (nSPS) is 12.5. The quantitative estimate of drug-likeness (QED) is 0.609. The summed E-state index contributed by atoms with van der Waals surface area (Å²) in [5.41, 5.74) is 1.94.